The number of Topliss-reactive ketones (excluding diaryl/α,β-unsaturated/α-hetero) is 1. The van der Waals surface area contributed by atoms with Crippen LogP contribution in [0.4, 0.5) is 0 Å². The first kappa shape index (κ1) is 40.9. The maximum atomic E-state index is 10.9. The summed E-state index contributed by atoms with van der Waals surface area (Å²) in [7, 11) is -2.95. The van der Waals surface area contributed by atoms with Crippen molar-refractivity contribution < 1.29 is 13.7 Å². The Morgan fingerprint density at radius 2 is 1.24 bits per heavy atom. The molecule has 2 aromatic carbocycles. The molecule has 0 aliphatic heterocycles. The van der Waals surface area contributed by atoms with Gasteiger partial charge in [-0.3, -0.25) is 9.59 Å². The molecule has 4 nitrogen and oxygen atoms in total. The molecule has 232 valence electrons. The number of carbonyl (C=O) groups is 2. The number of ketones is 1. The molecule has 0 fully saturated rings. The third kappa shape index (κ3) is 26.4. The van der Waals surface area contributed by atoms with Crippen LogP contribution in [0, 0.1) is 19.3 Å². The molecule has 41 heavy (non-hydrogen) atoms. The van der Waals surface area contributed by atoms with Gasteiger partial charge in [0.1, 0.15) is 0 Å². The highest BCUT2D eigenvalue weighted by atomic mass is 28.4. The largest absolute Gasteiger partial charge is 0.455 e. The summed E-state index contributed by atoms with van der Waals surface area (Å²) in [6.45, 7) is 33.7. The topological polar surface area (TPSA) is 55.4 Å². The van der Waals surface area contributed by atoms with Crippen LogP contribution in [0.15, 0.2) is 60.7 Å². The van der Waals surface area contributed by atoms with Gasteiger partial charge in [0.25, 0.3) is 0 Å². The minimum atomic E-state index is -1.55. The molecule has 0 spiro atoms. The van der Waals surface area contributed by atoms with Gasteiger partial charge in [0.2, 0.25) is 5.91 Å². The fourth-order valence-electron chi connectivity index (χ4n) is 3.70. The van der Waals surface area contributed by atoms with E-state index in [4.69, 9.17) is 4.12 Å². The molecule has 0 saturated heterocycles. The van der Waals surface area contributed by atoms with Crippen LogP contribution in [-0.2, 0) is 26.2 Å². The van der Waals surface area contributed by atoms with Crippen molar-refractivity contribution in [3.8, 4) is 0 Å². The molecule has 0 atom stereocenters. The van der Waals surface area contributed by atoms with E-state index < -0.39 is 16.6 Å². The number of hydrogen-bond acceptors (Lipinski definition) is 3. The SMILES string of the molecule is C=C(C)C(=O)CCNC(C)=O.CC(C)(C)C.CCc1ccccc1C.Cc1ccccc1C[Si](C)(C)O[Si](C)(C)C. The van der Waals surface area contributed by atoms with Gasteiger partial charge in [-0.1, -0.05) is 89.7 Å². The van der Waals surface area contributed by atoms with Gasteiger partial charge in [0.05, 0.1) is 0 Å². The lowest BCUT2D eigenvalue weighted by molar-refractivity contribution is -0.119. The molecule has 2 rings (SSSR count). The molecule has 0 aliphatic rings. The molecule has 2 aromatic rings. The summed E-state index contributed by atoms with van der Waals surface area (Å²) >= 11 is 0. The van der Waals surface area contributed by atoms with Crippen molar-refractivity contribution in [1.82, 2.24) is 5.32 Å². The molecule has 0 unspecified atom stereocenters. The average Bonchev–Trinajstić information content (AvgIpc) is 2.78. The Balaban J connectivity index is 0. The van der Waals surface area contributed by atoms with Gasteiger partial charge in [-0.15, -0.1) is 0 Å². The van der Waals surface area contributed by atoms with Crippen molar-refractivity contribution in [3.63, 3.8) is 0 Å². The number of rotatable bonds is 9. The van der Waals surface area contributed by atoms with E-state index in [2.05, 4.69) is 142 Å². The van der Waals surface area contributed by atoms with Crippen LogP contribution < -0.4 is 5.32 Å². The Labute approximate surface area is 255 Å². The first-order chi connectivity index (χ1) is 18.6. The summed E-state index contributed by atoms with van der Waals surface area (Å²) < 4.78 is 6.36. The quantitative estimate of drug-likeness (QED) is 0.231. The maximum Gasteiger partial charge on any atom is 0.216 e. The van der Waals surface area contributed by atoms with Crippen LogP contribution in [0.1, 0.15) is 77.1 Å². The fourth-order valence-corrected chi connectivity index (χ4v) is 11.9. The second kappa shape index (κ2) is 19.8. The van der Waals surface area contributed by atoms with Gasteiger partial charge in [-0.2, -0.15) is 0 Å². The van der Waals surface area contributed by atoms with Crippen LogP contribution in [0.3, 0.4) is 0 Å². The highest BCUT2D eigenvalue weighted by molar-refractivity contribution is 6.83. The first-order valence-corrected chi connectivity index (χ1v) is 21.3. The molecule has 6 heteroatoms. The summed E-state index contributed by atoms with van der Waals surface area (Å²) in [6.07, 6.45) is 1.49. The zero-order valence-corrected chi connectivity index (χ0v) is 30.9. The van der Waals surface area contributed by atoms with Crippen molar-refractivity contribution in [2.45, 2.75) is 114 Å². The van der Waals surface area contributed by atoms with Gasteiger partial charge in [0.15, 0.2) is 22.4 Å². The van der Waals surface area contributed by atoms with E-state index in [1.807, 2.05) is 0 Å². The van der Waals surface area contributed by atoms with Gasteiger partial charge >= 0.3 is 0 Å². The van der Waals surface area contributed by atoms with E-state index in [9.17, 15) is 9.59 Å². The Bertz CT molecular complexity index is 1060. The zero-order valence-electron chi connectivity index (χ0n) is 28.9. The van der Waals surface area contributed by atoms with Crippen molar-refractivity contribution in [2.24, 2.45) is 5.41 Å². The first-order valence-electron chi connectivity index (χ1n) is 14.8. The number of nitrogens with one attached hydrogen (secondary N) is 1. The summed E-state index contributed by atoms with van der Waals surface area (Å²) in [4.78, 5) is 21.2. The van der Waals surface area contributed by atoms with Crippen LogP contribution in [-0.4, -0.2) is 34.9 Å². The fraction of sp³-hybridized carbons (Fsp3) is 0.543. The number of carbonyl (C=O) groups excluding carboxylic acids is 2. The van der Waals surface area contributed by atoms with Crippen molar-refractivity contribution >= 4 is 28.3 Å². The van der Waals surface area contributed by atoms with E-state index in [-0.39, 0.29) is 11.7 Å². The maximum absolute atomic E-state index is 10.9. The molecular weight excluding hydrogens is 539 g/mol. The second-order valence-corrected chi connectivity index (χ2v) is 22.7. The van der Waals surface area contributed by atoms with Gasteiger partial charge in [-0.25, -0.2) is 0 Å². The van der Waals surface area contributed by atoms with Crippen molar-refractivity contribution in [1.29, 1.82) is 0 Å². The summed E-state index contributed by atoms with van der Waals surface area (Å²) in [5.74, 6) is -0.113. The van der Waals surface area contributed by atoms with E-state index in [0.29, 0.717) is 24.0 Å². The molecular formula is C35H61NO3Si2. The van der Waals surface area contributed by atoms with Crippen LogP contribution >= 0.6 is 0 Å². The van der Waals surface area contributed by atoms with Gasteiger partial charge < -0.3 is 9.43 Å². The lowest BCUT2D eigenvalue weighted by Crippen LogP contribution is -2.44. The minimum Gasteiger partial charge on any atom is -0.455 e. The Morgan fingerprint density at radius 1 is 0.829 bits per heavy atom. The third-order valence-corrected chi connectivity index (χ3v) is 11.2. The van der Waals surface area contributed by atoms with Gasteiger partial charge in [-0.05, 0) is 99.2 Å². The predicted molar refractivity (Wildman–Crippen MR) is 186 cm³/mol. The lowest BCUT2D eigenvalue weighted by atomic mass is 10.0. The van der Waals surface area contributed by atoms with Crippen molar-refractivity contribution in [2.75, 3.05) is 6.54 Å². The van der Waals surface area contributed by atoms with E-state index in [0.717, 1.165) is 12.5 Å². The summed E-state index contributed by atoms with van der Waals surface area (Å²) in [5, 5.41) is 2.53. The number of amides is 1. The number of hydrogen-bond donors (Lipinski definition) is 1. The van der Waals surface area contributed by atoms with Crippen LogP contribution in [0.25, 0.3) is 0 Å². The summed E-state index contributed by atoms with van der Waals surface area (Å²) in [5.41, 5.74) is 6.74. The Kier molecular flexibility index (Phi) is 19.7. The molecule has 0 aromatic heterocycles. The minimum absolute atomic E-state index is 0.00116. The van der Waals surface area contributed by atoms with E-state index >= 15 is 0 Å². The number of benzene rings is 2. The summed E-state index contributed by atoms with van der Waals surface area (Å²) in [6, 6.07) is 18.3. The van der Waals surface area contributed by atoms with Crippen LogP contribution in [0.2, 0.25) is 32.7 Å². The van der Waals surface area contributed by atoms with E-state index in [1.54, 1.807) is 6.92 Å². The Hall–Kier alpha value is -2.29. The Morgan fingerprint density at radius 3 is 1.56 bits per heavy atom. The predicted octanol–water partition coefficient (Wildman–Crippen LogP) is 9.40. The lowest BCUT2D eigenvalue weighted by Gasteiger charge is -2.32. The smallest absolute Gasteiger partial charge is 0.216 e. The second-order valence-electron chi connectivity index (χ2n) is 13.8. The highest BCUT2D eigenvalue weighted by Crippen LogP contribution is 2.20. The molecule has 1 amide bonds. The standard InChI is InChI=1S/C13H24OSi2.C9H12.C8H13NO2.C5H12/c1-12-9-7-8-10-13(12)11-16(5,6)14-15(2,3)4;1-3-9-7-5-4-6-8(9)2;1-6(2)8(11)4-5-9-7(3)10;1-5(2,3)4/h7-10H,11H2,1-6H3;4-7H,3H2,1-2H3;1,4-5H2,2-3H3,(H,9,10);1-4H3. The third-order valence-electron chi connectivity index (χ3n) is 5.30. The number of aryl methyl sites for hydroxylation is 3. The van der Waals surface area contributed by atoms with Crippen LogP contribution in [0.5, 0.6) is 0 Å². The monoisotopic (exact) mass is 599 g/mol. The number of allylic oxidation sites excluding steroid dienone is 1. The molecule has 0 radical (unpaired) electrons. The van der Waals surface area contributed by atoms with Gasteiger partial charge in [0, 0.05) is 19.9 Å². The molecule has 0 saturated carbocycles. The molecule has 0 aliphatic carbocycles. The molecule has 0 bridgehead atoms. The highest BCUT2D eigenvalue weighted by Gasteiger charge is 2.30. The normalized spacial score (nSPS) is 11.0. The molecule has 1 N–H and O–H groups in total. The van der Waals surface area contributed by atoms with E-state index in [1.165, 1.54) is 29.2 Å². The zero-order chi connectivity index (χ0) is 32.4. The average molecular weight is 600 g/mol. The van der Waals surface area contributed by atoms with Crippen molar-refractivity contribution in [3.05, 3.63) is 82.9 Å². The molecule has 0 heterocycles.